The van der Waals surface area contributed by atoms with E-state index < -0.39 is 0 Å². The third-order valence-electron chi connectivity index (χ3n) is 2.89. The minimum atomic E-state index is 0.141. The maximum atomic E-state index is 5.44. The van der Waals surface area contributed by atoms with Crippen LogP contribution in [0.4, 0.5) is 0 Å². The number of aromatic nitrogens is 1. The number of hydrogen-bond acceptors (Lipinski definition) is 2. The molecule has 0 fully saturated rings. The highest BCUT2D eigenvalue weighted by Gasteiger charge is 2.04. The van der Waals surface area contributed by atoms with E-state index in [1.165, 1.54) is 10.9 Å². The normalized spacial score (nSPS) is 12.2. The molecule has 0 bridgehead atoms. The van der Waals surface area contributed by atoms with E-state index in [-0.39, 0.29) is 6.04 Å². The Bertz CT molecular complexity index is 535. The third kappa shape index (κ3) is 2.64. The van der Waals surface area contributed by atoms with Gasteiger partial charge in [-0.3, -0.25) is 10.3 Å². The first-order chi connectivity index (χ1) is 8.35. The van der Waals surface area contributed by atoms with E-state index >= 15 is 0 Å². The molecule has 0 spiro atoms. The van der Waals surface area contributed by atoms with Crippen LogP contribution in [-0.2, 0) is 6.54 Å². The summed E-state index contributed by atoms with van der Waals surface area (Å²) in [6, 6.07) is 10.3. The Hall–Kier alpha value is -1.85. The molecular formula is C15H16N2. The van der Waals surface area contributed by atoms with Crippen molar-refractivity contribution in [3.05, 3.63) is 42.1 Å². The van der Waals surface area contributed by atoms with Gasteiger partial charge in [0.1, 0.15) is 0 Å². The second-order valence-electron chi connectivity index (χ2n) is 4.00. The molecule has 17 heavy (non-hydrogen) atoms. The van der Waals surface area contributed by atoms with E-state index in [1.807, 2.05) is 30.5 Å². The molecule has 2 rings (SSSR count). The molecule has 0 aliphatic carbocycles. The van der Waals surface area contributed by atoms with Gasteiger partial charge in [0, 0.05) is 18.1 Å². The summed E-state index contributed by atoms with van der Waals surface area (Å²) in [5.74, 6) is 2.74. The zero-order valence-electron chi connectivity index (χ0n) is 9.98. The fourth-order valence-electron chi connectivity index (χ4n) is 1.86. The second-order valence-corrected chi connectivity index (χ2v) is 4.00. The summed E-state index contributed by atoms with van der Waals surface area (Å²) in [6.45, 7) is 2.87. The molecule has 1 aromatic heterocycles. The molecule has 1 atom stereocenters. The summed E-state index contributed by atoms with van der Waals surface area (Å²) < 4.78 is 0. The lowest BCUT2D eigenvalue weighted by atomic mass is 10.1. The summed E-state index contributed by atoms with van der Waals surface area (Å²) in [4.78, 5) is 4.34. The van der Waals surface area contributed by atoms with Gasteiger partial charge in [-0.05, 0) is 24.1 Å². The average molecular weight is 224 g/mol. The lowest BCUT2D eigenvalue weighted by Crippen LogP contribution is -2.26. The molecule has 86 valence electrons. The molecule has 0 aliphatic rings. The summed E-state index contributed by atoms with van der Waals surface area (Å²) in [7, 11) is 0. The quantitative estimate of drug-likeness (QED) is 0.808. The molecule has 2 heteroatoms. The molecule has 0 radical (unpaired) electrons. The van der Waals surface area contributed by atoms with Crippen molar-refractivity contribution in [1.29, 1.82) is 0 Å². The van der Waals surface area contributed by atoms with Gasteiger partial charge in [-0.1, -0.05) is 31.0 Å². The van der Waals surface area contributed by atoms with E-state index in [1.54, 1.807) is 0 Å². The molecule has 2 nitrogen and oxygen atoms in total. The number of nitrogens with one attached hydrogen (secondary N) is 1. The largest absolute Gasteiger partial charge is 0.300 e. The second kappa shape index (κ2) is 5.47. The van der Waals surface area contributed by atoms with Crippen LogP contribution >= 0.6 is 0 Å². The van der Waals surface area contributed by atoms with Crippen LogP contribution in [0.3, 0.4) is 0 Å². The Labute approximate surface area is 102 Å². The predicted molar refractivity (Wildman–Crippen MR) is 71.5 cm³/mol. The number of hydrogen-bond donors (Lipinski definition) is 1. The molecule has 1 N–H and O–H groups in total. The molecule has 0 aliphatic heterocycles. The van der Waals surface area contributed by atoms with E-state index in [9.17, 15) is 0 Å². The van der Waals surface area contributed by atoms with Crippen LogP contribution in [0.5, 0.6) is 0 Å². The Balaban J connectivity index is 2.22. The van der Waals surface area contributed by atoms with Crippen molar-refractivity contribution in [3.63, 3.8) is 0 Å². The van der Waals surface area contributed by atoms with Gasteiger partial charge in [0.2, 0.25) is 0 Å². The molecule has 0 amide bonds. The van der Waals surface area contributed by atoms with Crippen molar-refractivity contribution in [2.24, 2.45) is 0 Å². The van der Waals surface area contributed by atoms with Crippen LogP contribution < -0.4 is 5.32 Å². The number of benzene rings is 1. The highest BCUT2D eigenvalue weighted by atomic mass is 14.9. The number of terminal acetylenes is 1. The summed E-state index contributed by atoms with van der Waals surface area (Å²) in [5.41, 5.74) is 2.27. The van der Waals surface area contributed by atoms with Crippen LogP contribution in [0.25, 0.3) is 10.9 Å². The summed E-state index contributed by atoms with van der Waals surface area (Å²) in [6.07, 6.45) is 8.22. The third-order valence-corrected chi connectivity index (χ3v) is 2.89. The monoisotopic (exact) mass is 224 g/mol. The minimum absolute atomic E-state index is 0.141. The predicted octanol–water partition coefficient (Wildman–Crippen LogP) is 2.74. The minimum Gasteiger partial charge on any atom is -0.300 e. The van der Waals surface area contributed by atoms with E-state index in [0.717, 1.165) is 18.5 Å². The van der Waals surface area contributed by atoms with E-state index in [4.69, 9.17) is 6.42 Å². The Morgan fingerprint density at radius 2 is 2.18 bits per heavy atom. The van der Waals surface area contributed by atoms with Gasteiger partial charge in [0.05, 0.1) is 11.6 Å². The number of rotatable bonds is 4. The van der Waals surface area contributed by atoms with Crippen molar-refractivity contribution >= 4 is 10.9 Å². The molecule has 2 aromatic rings. The van der Waals surface area contributed by atoms with E-state index in [0.29, 0.717) is 0 Å². The average Bonchev–Trinajstić information content (AvgIpc) is 2.40. The van der Waals surface area contributed by atoms with Crippen LogP contribution in [0.1, 0.15) is 18.9 Å². The molecule has 0 saturated heterocycles. The lowest BCUT2D eigenvalue weighted by molar-refractivity contribution is 0.594. The number of fused-ring (bicyclic) bond motifs is 1. The number of nitrogens with zero attached hydrogens (tertiary/aromatic N) is 1. The fourth-order valence-corrected chi connectivity index (χ4v) is 1.86. The molecule has 1 heterocycles. The van der Waals surface area contributed by atoms with Gasteiger partial charge in [-0.2, -0.15) is 0 Å². The molecular weight excluding hydrogens is 208 g/mol. The number of pyridine rings is 1. The van der Waals surface area contributed by atoms with E-state index in [2.05, 4.69) is 29.2 Å². The van der Waals surface area contributed by atoms with Gasteiger partial charge < -0.3 is 0 Å². The standard InChI is InChI=1S/C15H16N2/c1-3-13(4-2)17-11-12-9-10-16-15-8-6-5-7-14(12)15/h1,5-10,13,17H,4,11H2,2H3. The van der Waals surface area contributed by atoms with Crippen molar-refractivity contribution in [2.75, 3.05) is 0 Å². The first-order valence-electron chi connectivity index (χ1n) is 5.87. The first kappa shape index (κ1) is 11.6. The Morgan fingerprint density at radius 3 is 2.94 bits per heavy atom. The topological polar surface area (TPSA) is 24.9 Å². The zero-order chi connectivity index (χ0) is 12.1. The SMILES string of the molecule is C#CC(CC)NCc1ccnc2ccccc12. The smallest absolute Gasteiger partial charge is 0.0705 e. The van der Waals surface area contributed by atoms with Crippen molar-refractivity contribution in [2.45, 2.75) is 25.9 Å². The molecule has 1 unspecified atom stereocenters. The Kier molecular flexibility index (Phi) is 3.74. The van der Waals surface area contributed by atoms with Gasteiger partial charge in [-0.25, -0.2) is 0 Å². The van der Waals surface area contributed by atoms with Gasteiger partial charge in [0.15, 0.2) is 0 Å². The van der Waals surface area contributed by atoms with Crippen molar-refractivity contribution < 1.29 is 0 Å². The maximum absolute atomic E-state index is 5.44. The Morgan fingerprint density at radius 1 is 1.35 bits per heavy atom. The lowest BCUT2D eigenvalue weighted by Gasteiger charge is -2.11. The first-order valence-corrected chi connectivity index (χ1v) is 5.87. The van der Waals surface area contributed by atoms with Crippen molar-refractivity contribution in [1.82, 2.24) is 10.3 Å². The summed E-state index contributed by atoms with van der Waals surface area (Å²) in [5, 5.41) is 4.55. The highest BCUT2D eigenvalue weighted by Crippen LogP contribution is 2.15. The van der Waals surface area contributed by atoms with Crippen molar-refractivity contribution in [3.8, 4) is 12.3 Å². The zero-order valence-corrected chi connectivity index (χ0v) is 9.98. The number of para-hydroxylation sites is 1. The van der Waals surface area contributed by atoms with Gasteiger partial charge >= 0.3 is 0 Å². The van der Waals surface area contributed by atoms with Gasteiger partial charge in [0.25, 0.3) is 0 Å². The van der Waals surface area contributed by atoms with Crippen LogP contribution in [-0.4, -0.2) is 11.0 Å². The van der Waals surface area contributed by atoms with Crippen LogP contribution in [0.2, 0.25) is 0 Å². The summed E-state index contributed by atoms with van der Waals surface area (Å²) >= 11 is 0. The fraction of sp³-hybridized carbons (Fsp3) is 0.267. The van der Waals surface area contributed by atoms with Crippen LogP contribution in [0, 0.1) is 12.3 Å². The maximum Gasteiger partial charge on any atom is 0.0705 e. The molecule has 1 aromatic carbocycles. The highest BCUT2D eigenvalue weighted by molar-refractivity contribution is 5.81. The van der Waals surface area contributed by atoms with Gasteiger partial charge in [-0.15, -0.1) is 6.42 Å². The van der Waals surface area contributed by atoms with Crippen LogP contribution in [0.15, 0.2) is 36.5 Å². The molecule has 0 saturated carbocycles.